The fraction of sp³-hybridized carbons (Fsp3) is 0.875. The molecule has 0 fully saturated rings. The molecule has 3 nitrogen and oxygen atoms in total. The Labute approximate surface area is 81.5 Å². The third-order valence-electron chi connectivity index (χ3n) is 1.83. The zero-order chi connectivity index (χ0) is 9.40. The van der Waals surface area contributed by atoms with Gasteiger partial charge in [0.25, 0.3) is 0 Å². The Morgan fingerprint density at radius 1 is 1.42 bits per heavy atom. The number of rotatable bonds is 7. The predicted octanol–water partition coefficient (Wildman–Crippen LogP) is 0.525. The van der Waals surface area contributed by atoms with E-state index in [0.717, 1.165) is 25.7 Å². The van der Waals surface area contributed by atoms with Gasteiger partial charge >= 0.3 is 81.1 Å². The van der Waals surface area contributed by atoms with Crippen molar-refractivity contribution in [1.29, 1.82) is 0 Å². The van der Waals surface area contributed by atoms with Gasteiger partial charge in [0.15, 0.2) is 0 Å². The second kappa shape index (κ2) is 7.59. The van der Waals surface area contributed by atoms with Gasteiger partial charge in [-0.2, -0.15) is 0 Å². The molecule has 0 radical (unpaired) electrons. The summed E-state index contributed by atoms with van der Waals surface area (Å²) in [4.78, 5) is 10.6. The molecule has 0 saturated carbocycles. The summed E-state index contributed by atoms with van der Waals surface area (Å²) in [5.74, 6) is -0.855. The number of aliphatic carboxylic acids is 1. The summed E-state index contributed by atoms with van der Waals surface area (Å²) in [6, 6.07) is 0. The number of unbranched alkanes of at least 4 members (excludes halogenated alkanes) is 2. The van der Waals surface area contributed by atoms with Gasteiger partial charge in [-0.15, -0.1) is 0 Å². The van der Waals surface area contributed by atoms with Gasteiger partial charge in [-0.3, -0.25) is 0 Å². The number of hydrogen-bond donors (Lipinski definition) is 2. The van der Waals surface area contributed by atoms with Crippen molar-refractivity contribution < 1.29 is 9.90 Å². The molecule has 0 rings (SSSR count). The third kappa shape index (κ3) is 5.58. The average Bonchev–Trinajstić information content (AvgIpc) is 2.04. The van der Waals surface area contributed by atoms with Crippen LogP contribution in [0.4, 0.5) is 0 Å². The Bertz CT molecular complexity index is 130. The molecule has 12 heavy (non-hydrogen) atoms. The van der Waals surface area contributed by atoms with E-state index < -0.39 is 5.97 Å². The van der Waals surface area contributed by atoms with Gasteiger partial charge in [0.2, 0.25) is 0 Å². The standard InChI is InChI=1S/C8H17NO2Se/c9-5-3-1-2-4-7(6-12)8(10)11/h7,12H,1-6,9H2,(H,10,11)/t7-/m0/s1. The maximum atomic E-state index is 10.6. The summed E-state index contributed by atoms with van der Waals surface area (Å²) in [6.45, 7) is 0.708. The second-order valence-electron chi connectivity index (χ2n) is 2.86. The molecule has 4 heteroatoms. The minimum atomic E-state index is -0.677. The first kappa shape index (κ1) is 11.9. The van der Waals surface area contributed by atoms with E-state index in [1.807, 2.05) is 0 Å². The van der Waals surface area contributed by atoms with Gasteiger partial charge in [-0.25, -0.2) is 0 Å². The molecule has 0 unspecified atom stereocenters. The fourth-order valence-electron chi connectivity index (χ4n) is 1.00. The van der Waals surface area contributed by atoms with Gasteiger partial charge in [-0.1, -0.05) is 0 Å². The van der Waals surface area contributed by atoms with E-state index in [2.05, 4.69) is 16.0 Å². The van der Waals surface area contributed by atoms with Crippen molar-refractivity contribution in [3.63, 3.8) is 0 Å². The second-order valence-corrected chi connectivity index (χ2v) is 3.62. The molecular weight excluding hydrogens is 221 g/mol. The van der Waals surface area contributed by atoms with E-state index in [1.165, 1.54) is 0 Å². The molecule has 72 valence electrons. The van der Waals surface area contributed by atoms with Crippen LogP contribution in [0.1, 0.15) is 25.7 Å². The molecule has 1 atom stereocenters. The van der Waals surface area contributed by atoms with Crippen molar-refractivity contribution in [2.24, 2.45) is 11.7 Å². The SMILES string of the molecule is NCCCCC[C@@H](C[SeH])C(=O)O. The summed E-state index contributed by atoms with van der Waals surface area (Å²) in [6.07, 6.45) is 3.81. The van der Waals surface area contributed by atoms with Crippen LogP contribution in [0.3, 0.4) is 0 Å². The van der Waals surface area contributed by atoms with Crippen LogP contribution < -0.4 is 5.73 Å². The number of carboxylic acids is 1. The molecule has 0 aromatic heterocycles. The van der Waals surface area contributed by atoms with Crippen molar-refractivity contribution in [1.82, 2.24) is 0 Å². The van der Waals surface area contributed by atoms with Crippen LogP contribution >= 0.6 is 0 Å². The topological polar surface area (TPSA) is 63.3 Å². The summed E-state index contributed by atoms with van der Waals surface area (Å²) >= 11 is 2.34. The monoisotopic (exact) mass is 239 g/mol. The van der Waals surface area contributed by atoms with Gasteiger partial charge in [0.05, 0.1) is 0 Å². The normalized spacial score (nSPS) is 12.8. The van der Waals surface area contributed by atoms with Crippen LogP contribution in [0.2, 0.25) is 5.32 Å². The Morgan fingerprint density at radius 3 is 2.50 bits per heavy atom. The van der Waals surface area contributed by atoms with Gasteiger partial charge in [0.1, 0.15) is 0 Å². The van der Waals surface area contributed by atoms with Crippen molar-refractivity contribution in [3.8, 4) is 0 Å². The predicted molar refractivity (Wildman–Crippen MR) is 50.6 cm³/mol. The average molecular weight is 238 g/mol. The Balaban J connectivity index is 3.38. The number of carboxylic acid groups (broad SMARTS) is 1. The van der Waals surface area contributed by atoms with Crippen molar-refractivity contribution in [2.45, 2.75) is 31.0 Å². The van der Waals surface area contributed by atoms with Crippen LogP contribution in [-0.2, 0) is 4.79 Å². The van der Waals surface area contributed by atoms with E-state index in [-0.39, 0.29) is 5.92 Å². The van der Waals surface area contributed by atoms with Crippen molar-refractivity contribution in [3.05, 3.63) is 0 Å². The maximum absolute atomic E-state index is 10.6. The van der Waals surface area contributed by atoms with Gasteiger partial charge in [0, 0.05) is 0 Å². The quantitative estimate of drug-likeness (QED) is 0.502. The molecule has 0 amide bonds. The summed E-state index contributed by atoms with van der Waals surface area (Å²) in [5, 5.41) is 9.37. The van der Waals surface area contributed by atoms with Crippen LogP contribution in [0, 0.1) is 5.92 Å². The molecule has 0 aromatic carbocycles. The van der Waals surface area contributed by atoms with Crippen molar-refractivity contribution in [2.75, 3.05) is 6.54 Å². The van der Waals surface area contributed by atoms with E-state index >= 15 is 0 Å². The van der Waals surface area contributed by atoms with Crippen LogP contribution in [0.5, 0.6) is 0 Å². The van der Waals surface area contributed by atoms with Crippen LogP contribution in [0.25, 0.3) is 0 Å². The zero-order valence-electron chi connectivity index (χ0n) is 7.20. The molecule has 0 spiro atoms. The first-order chi connectivity index (χ1) is 5.72. The van der Waals surface area contributed by atoms with Gasteiger partial charge in [-0.05, 0) is 0 Å². The number of carbonyl (C=O) groups is 1. The van der Waals surface area contributed by atoms with Crippen LogP contribution in [0.15, 0.2) is 0 Å². The third-order valence-corrected chi connectivity index (χ3v) is 2.75. The van der Waals surface area contributed by atoms with Gasteiger partial charge < -0.3 is 0 Å². The first-order valence-corrected chi connectivity index (χ1v) is 5.58. The Hall–Kier alpha value is -0.0505. The van der Waals surface area contributed by atoms with Crippen molar-refractivity contribution >= 4 is 22.0 Å². The summed E-state index contributed by atoms with van der Waals surface area (Å²) < 4.78 is 0. The molecule has 3 N–H and O–H groups in total. The zero-order valence-corrected chi connectivity index (χ0v) is 9.08. The molecule has 0 aliphatic rings. The Kier molecular flexibility index (Phi) is 7.56. The molecule has 0 aliphatic heterocycles. The first-order valence-electron chi connectivity index (χ1n) is 4.26. The molecule has 0 saturated heterocycles. The molecule has 0 aromatic rings. The summed E-state index contributed by atoms with van der Waals surface area (Å²) in [7, 11) is 0. The van der Waals surface area contributed by atoms with E-state index in [1.54, 1.807) is 0 Å². The molecule has 0 aliphatic carbocycles. The summed E-state index contributed by atoms with van der Waals surface area (Å²) in [5.41, 5.74) is 5.32. The molecule has 0 bridgehead atoms. The fourth-order valence-corrected chi connectivity index (χ4v) is 1.72. The number of hydrogen-bond acceptors (Lipinski definition) is 2. The molecule has 0 heterocycles. The van der Waals surface area contributed by atoms with E-state index in [4.69, 9.17) is 10.8 Å². The molecular formula is C8H17NO2Se. The number of nitrogens with two attached hydrogens (primary N) is 1. The van der Waals surface area contributed by atoms with E-state index in [9.17, 15) is 4.79 Å². The van der Waals surface area contributed by atoms with E-state index in [0.29, 0.717) is 11.9 Å². The minimum absolute atomic E-state index is 0.178. The van der Waals surface area contributed by atoms with Crippen LogP contribution in [-0.4, -0.2) is 33.6 Å². The Morgan fingerprint density at radius 2 is 2.08 bits per heavy atom.